The van der Waals surface area contributed by atoms with Gasteiger partial charge in [-0.05, 0) is 52.6 Å². The summed E-state index contributed by atoms with van der Waals surface area (Å²) in [6, 6.07) is 21.5. The second-order valence-electron chi connectivity index (χ2n) is 5.84. The van der Waals surface area contributed by atoms with Crippen molar-refractivity contribution in [3.8, 4) is 28.3 Å². The Balaban J connectivity index is 2.02. The number of carbonyl (C=O) groups is 1. The molecular formula is C21H16N4O2. The molecule has 0 unspecified atom stereocenters. The van der Waals surface area contributed by atoms with E-state index in [1.165, 1.54) is 6.07 Å². The van der Waals surface area contributed by atoms with E-state index in [-0.39, 0.29) is 11.5 Å². The van der Waals surface area contributed by atoms with Crippen molar-refractivity contribution in [2.75, 3.05) is 0 Å². The molecule has 0 saturated heterocycles. The molecule has 3 aromatic rings. The van der Waals surface area contributed by atoms with Gasteiger partial charge >= 0.3 is 5.97 Å². The van der Waals surface area contributed by atoms with Crippen molar-refractivity contribution in [3.63, 3.8) is 0 Å². The van der Waals surface area contributed by atoms with Crippen molar-refractivity contribution >= 4 is 17.6 Å². The largest absolute Gasteiger partial charge is 0.478 e. The van der Waals surface area contributed by atoms with E-state index in [1.54, 1.807) is 24.3 Å². The number of aromatic carboxylic acids is 1. The van der Waals surface area contributed by atoms with Gasteiger partial charge in [0.2, 0.25) is 0 Å². The van der Waals surface area contributed by atoms with Crippen LogP contribution in [0.3, 0.4) is 0 Å². The van der Waals surface area contributed by atoms with Crippen molar-refractivity contribution < 1.29 is 9.90 Å². The summed E-state index contributed by atoms with van der Waals surface area (Å²) in [5.41, 5.74) is 15.2. The molecule has 5 N–H and O–H groups in total. The molecule has 0 spiro atoms. The van der Waals surface area contributed by atoms with E-state index in [0.29, 0.717) is 16.8 Å². The molecule has 0 saturated carbocycles. The predicted octanol–water partition coefficient (Wildman–Crippen LogP) is 3.50. The maximum atomic E-state index is 11.6. The number of carboxylic acids is 1. The number of guanidine groups is 1. The number of benzene rings is 3. The molecule has 3 rings (SSSR count). The minimum atomic E-state index is -1.03. The Morgan fingerprint density at radius 2 is 1.44 bits per heavy atom. The van der Waals surface area contributed by atoms with Gasteiger partial charge in [0.25, 0.3) is 0 Å². The summed E-state index contributed by atoms with van der Waals surface area (Å²) in [6.07, 6.45) is 0. The Bertz CT molecular complexity index is 1060. The first-order valence-electron chi connectivity index (χ1n) is 8.06. The van der Waals surface area contributed by atoms with E-state index in [4.69, 9.17) is 16.7 Å². The first-order chi connectivity index (χ1) is 13.0. The molecule has 0 aliphatic carbocycles. The minimum Gasteiger partial charge on any atom is -0.478 e. The van der Waals surface area contributed by atoms with Gasteiger partial charge in [-0.25, -0.2) is 9.79 Å². The van der Waals surface area contributed by atoms with Crippen LogP contribution in [0.15, 0.2) is 71.7 Å². The third-order valence-corrected chi connectivity index (χ3v) is 4.03. The second-order valence-corrected chi connectivity index (χ2v) is 5.84. The molecule has 0 aromatic heterocycles. The van der Waals surface area contributed by atoms with Crippen LogP contribution in [0.5, 0.6) is 0 Å². The van der Waals surface area contributed by atoms with Gasteiger partial charge in [0, 0.05) is 0 Å². The normalized spacial score (nSPS) is 10.0. The van der Waals surface area contributed by atoms with E-state index in [2.05, 4.69) is 11.1 Å². The molecule has 0 radical (unpaired) electrons. The second kappa shape index (κ2) is 7.42. The van der Waals surface area contributed by atoms with Gasteiger partial charge in [0.15, 0.2) is 5.96 Å². The first-order valence-corrected chi connectivity index (χ1v) is 8.06. The molecule has 132 valence electrons. The Morgan fingerprint density at radius 1 is 0.889 bits per heavy atom. The van der Waals surface area contributed by atoms with Crippen LogP contribution in [0, 0.1) is 11.3 Å². The van der Waals surface area contributed by atoms with Gasteiger partial charge < -0.3 is 16.6 Å². The fourth-order valence-corrected chi connectivity index (χ4v) is 2.76. The van der Waals surface area contributed by atoms with Gasteiger partial charge in [-0.15, -0.1) is 0 Å². The van der Waals surface area contributed by atoms with Crippen LogP contribution >= 0.6 is 0 Å². The summed E-state index contributed by atoms with van der Waals surface area (Å²) in [5.74, 6) is -1.13. The van der Waals surface area contributed by atoms with E-state index >= 15 is 0 Å². The van der Waals surface area contributed by atoms with Gasteiger partial charge in [-0.3, -0.25) is 0 Å². The maximum Gasteiger partial charge on any atom is 0.336 e. The van der Waals surface area contributed by atoms with E-state index < -0.39 is 5.97 Å². The van der Waals surface area contributed by atoms with Crippen molar-refractivity contribution in [2.45, 2.75) is 0 Å². The van der Waals surface area contributed by atoms with Gasteiger partial charge in [-0.1, -0.05) is 36.4 Å². The highest BCUT2D eigenvalue weighted by molar-refractivity contribution is 5.97. The van der Waals surface area contributed by atoms with Crippen LogP contribution < -0.4 is 11.5 Å². The summed E-state index contributed by atoms with van der Waals surface area (Å²) < 4.78 is 0. The summed E-state index contributed by atoms with van der Waals surface area (Å²) in [6.45, 7) is 0. The number of nitrogens with two attached hydrogens (primary N) is 2. The lowest BCUT2D eigenvalue weighted by Gasteiger charge is -2.09. The number of carboxylic acid groups (broad SMARTS) is 1. The van der Waals surface area contributed by atoms with Crippen LogP contribution in [0.4, 0.5) is 5.69 Å². The lowest BCUT2D eigenvalue weighted by atomic mass is 9.96. The molecule has 0 bridgehead atoms. The SMILES string of the molecule is N#Cc1ccc(-c2ccc(-c3cc(N=C(N)N)ccc3C(=O)O)cc2)cc1. The number of nitrogens with zero attached hydrogens (tertiary/aromatic N) is 2. The number of nitriles is 1. The van der Waals surface area contributed by atoms with Gasteiger partial charge in [-0.2, -0.15) is 5.26 Å². The quantitative estimate of drug-likeness (QED) is 0.487. The topological polar surface area (TPSA) is 125 Å². The van der Waals surface area contributed by atoms with Crippen molar-refractivity contribution in [2.24, 2.45) is 16.5 Å². The lowest BCUT2D eigenvalue weighted by Crippen LogP contribution is -2.21. The number of rotatable bonds is 4. The van der Waals surface area contributed by atoms with E-state index in [0.717, 1.165) is 16.7 Å². The standard InChI is InChI=1S/C21H16N4O2/c22-12-13-1-3-14(4-2-13)15-5-7-16(8-6-15)19-11-17(25-21(23)24)9-10-18(19)20(26)27/h1-11H,(H,26,27)(H4,23,24,25). The molecule has 0 atom stereocenters. The monoisotopic (exact) mass is 356 g/mol. The molecule has 6 nitrogen and oxygen atoms in total. The van der Waals surface area contributed by atoms with Crippen molar-refractivity contribution in [3.05, 3.63) is 77.9 Å². The van der Waals surface area contributed by atoms with Crippen LogP contribution in [0.1, 0.15) is 15.9 Å². The maximum absolute atomic E-state index is 11.6. The molecule has 27 heavy (non-hydrogen) atoms. The number of hydrogen-bond acceptors (Lipinski definition) is 3. The average molecular weight is 356 g/mol. The Kier molecular flexibility index (Phi) is 4.86. The van der Waals surface area contributed by atoms with Crippen molar-refractivity contribution in [1.29, 1.82) is 5.26 Å². The predicted molar refractivity (Wildman–Crippen MR) is 104 cm³/mol. The zero-order chi connectivity index (χ0) is 19.4. The molecule has 0 aliphatic heterocycles. The number of aliphatic imine (C=N–C) groups is 1. The fraction of sp³-hybridized carbons (Fsp3) is 0. The molecule has 0 fully saturated rings. The van der Waals surface area contributed by atoms with E-state index in [9.17, 15) is 9.90 Å². The zero-order valence-electron chi connectivity index (χ0n) is 14.3. The Labute approximate surface area is 156 Å². The fourth-order valence-electron chi connectivity index (χ4n) is 2.76. The molecule has 3 aromatic carbocycles. The van der Waals surface area contributed by atoms with Gasteiger partial charge in [0.1, 0.15) is 0 Å². The average Bonchev–Trinajstić information content (AvgIpc) is 2.67. The highest BCUT2D eigenvalue weighted by Gasteiger charge is 2.13. The van der Waals surface area contributed by atoms with E-state index in [1.807, 2.05) is 36.4 Å². The van der Waals surface area contributed by atoms with Crippen LogP contribution in [-0.2, 0) is 0 Å². The molecule has 0 amide bonds. The first kappa shape index (κ1) is 17.7. The molecule has 0 heterocycles. The molecule has 6 heteroatoms. The number of hydrogen-bond donors (Lipinski definition) is 3. The van der Waals surface area contributed by atoms with Crippen LogP contribution in [0.2, 0.25) is 0 Å². The molecular weight excluding hydrogens is 340 g/mol. The Hall–Kier alpha value is -4.11. The summed E-state index contributed by atoms with van der Waals surface area (Å²) in [7, 11) is 0. The highest BCUT2D eigenvalue weighted by Crippen LogP contribution is 2.30. The summed E-state index contributed by atoms with van der Waals surface area (Å²) >= 11 is 0. The summed E-state index contributed by atoms with van der Waals surface area (Å²) in [5, 5.41) is 18.4. The van der Waals surface area contributed by atoms with Crippen LogP contribution in [-0.4, -0.2) is 17.0 Å². The zero-order valence-corrected chi connectivity index (χ0v) is 14.3. The minimum absolute atomic E-state index is 0.0970. The molecule has 0 aliphatic rings. The Morgan fingerprint density at radius 3 is 1.96 bits per heavy atom. The third-order valence-electron chi connectivity index (χ3n) is 4.03. The van der Waals surface area contributed by atoms with Crippen molar-refractivity contribution in [1.82, 2.24) is 0 Å². The highest BCUT2D eigenvalue weighted by atomic mass is 16.4. The third kappa shape index (κ3) is 3.94. The smallest absolute Gasteiger partial charge is 0.336 e. The van der Waals surface area contributed by atoms with Gasteiger partial charge in [0.05, 0.1) is 22.9 Å². The summed E-state index contributed by atoms with van der Waals surface area (Å²) in [4.78, 5) is 15.5. The van der Waals surface area contributed by atoms with Crippen LogP contribution in [0.25, 0.3) is 22.3 Å². The lowest BCUT2D eigenvalue weighted by molar-refractivity contribution is 0.0698.